The summed E-state index contributed by atoms with van der Waals surface area (Å²) in [4.78, 5) is 14.1. The number of amides is 1. The summed E-state index contributed by atoms with van der Waals surface area (Å²) in [5, 5.41) is 3.17. The van der Waals surface area contributed by atoms with Gasteiger partial charge in [0.05, 0.1) is 10.8 Å². The Hall–Kier alpha value is -1.51. The number of carbonyl (C=O) groups is 1. The molecule has 1 aromatic rings. The molecule has 0 spiro atoms. The first-order valence-corrected chi connectivity index (χ1v) is 9.71. The fourth-order valence-corrected chi connectivity index (χ4v) is 4.61. The van der Waals surface area contributed by atoms with Gasteiger partial charge in [-0.3, -0.25) is 4.79 Å². The second kappa shape index (κ2) is 7.16. The molecule has 2 heterocycles. The first-order chi connectivity index (χ1) is 11.5. The number of benzene rings is 1. The number of carbonyl (C=O) groups excluding carboxylic acids is 1. The number of halogens is 1. The van der Waals surface area contributed by atoms with Crippen LogP contribution in [-0.4, -0.2) is 51.4 Å². The van der Waals surface area contributed by atoms with Gasteiger partial charge in [0.15, 0.2) is 0 Å². The van der Waals surface area contributed by atoms with E-state index in [1.165, 1.54) is 18.2 Å². The highest BCUT2D eigenvalue weighted by atomic mass is 32.2. The van der Waals surface area contributed by atoms with Crippen molar-refractivity contribution in [2.75, 3.05) is 26.2 Å². The summed E-state index contributed by atoms with van der Waals surface area (Å²) in [6.07, 6.45) is 2.25. The van der Waals surface area contributed by atoms with Gasteiger partial charge in [-0.25, -0.2) is 17.5 Å². The number of hydrogen-bond donors (Lipinski definition) is 2. The Morgan fingerprint density at radius 1 is 1.33 bits per heavy atom. The Balaban J connectivity index is 1.65. The molecule has 0 bridgehead atoms. The van der Waals surface area contributed by atoms with Crippen LogP contribution in [-0.2, 0) is 14.8 Å². The minimum atomic E-state index is -3.79. The predicted molar refractivity (Wildman–Crippen MR) is 87.3 cm³/mol. The monoisotopic (exact) mass is 355 g/mol. The molecule has 2 atom stereocenters. The molecule has 24 heavy (non-hydrogen) atoms. The van der Waals surface area contributed by atoms with E-state index in [9.17, 15) is 17.6 Å². The zero-order valence-electron chi connectivity index (χ0n) is 13.4. The lowest BCUT2D eigenvalue weighted by atomic mass is 10.0. The third-order valence-corrected chi connectivity index (χ3v) is 6.09. The molecule has 2 aliphatic heterocycles. The molecule has 3 rings (SSSR count). The van der Waals surface area contributed by atoms with Crippen LogP contribution in [0, 0.1) is 11.7 Å². The SMILES string of the molecule is O=C(C1CCNC1)N1CCCC(NS(=O)(=O)c2cccc(F)c2)C1. The van der Waals surface area contributed by atoms with Crippen LogP contribution in [0.1, 0.15) is 19.3 Å². The highest BCUT2D eigenvalue weighted by Gasteiger charge is 2.32. The van der Waals surface area contributed by atoms with Crippen LogP contribution in [0.4, 0.5) is 4.39 Å². The molecule has 0 saturated carbocycles. The van der Waals surface area contributed by atoms with Crippen molar-refractivity contribution in [3.63, 3.8) is 0 Å². The fraction of sp³-hybridized carbons (Fsp3) is 0.562. The number of nitrogens with zero attached hydrogens (tertiary/aromatic N) is 1. The van der Waals surface area contributed by atoms with Crippen LogP contribution in [0.25, 0.3) is 0 Å². The van der Waals surface area contributed by atoms with Gasteiger partial charge < -0.3 is 10.2 Å². The molecule has 1 aromatic carbocycles. The maximum Gasteiger partial charge on any atom is 0.240 e. The number of nitrogens with one attached hydrogen (secondary N) is 2. The van der Waals surface area contributed by atoms with Crippen molar-refractivity contribution in [3.8, 4) is 0 Å². The number of likely N-dealkylation sites (tertiary alicyclic amines) is 1. The maximum atomic E-state index is 13.3. The minimum absolute atomic E-state index is 0.0106. The van der Waals surface area contributed by atoms with E-state index < -0.39 is 15.8 Å². The lowest BCUT2D eigenvalue weighted by Gasteiger charge is -2.34. The number of hydrogen-bond acceptors (Lipinski definition) is 4. The summed E-state index contributed by atoms with van der Waals surface area (Å²) in [5.41, 5.74) is 0. The van der Waals surface area contributed by atoms with E-state index in [0.717, 1.165) is 25.5 Å². The molecule has 2 unspecified atom stereocenters. The van der Waals surface area contributed by atoms with Crippen LogP contribution in [0.2, 0.25) is 0 Å². The molecule has 8 heteroatoms. The summed E-state index contributed by atoms with van der Waals surface area (Å²) >= 11 is 0. The van der Waals surface area contributed by atoms with E-state index in [1.54, 1.807) is 4.90 Å². The van der Waals surface area contributed by atoms with Gasteiger partial charge in [0, 0.05) is 25.7 Å². The zero-order valence-corrected chi connectivity index (χ0v) is 14.2. The molecule has 2 saturated heterocycles. The van der Waals surface area contributed by atoms with Gasteiger partial charge in [0.2, 0.25) is 15.9 Å². The van der Waals surface area contributed by atoms with E-state index in [4.69, 9.17) is 0 Å². The van der Waals surface area contributed by atoms with Gasteiger partial charge >= 0.3 is 0 Å². The third kappa shape index (κ3) is 3.93. The molecule has 132 valence electrons. The van der Waals surface area contributed by atoms with E-state index in [1.807, 2.05) is 0 Å². The molecule has 6 nitrogen and oxygen atoms in total. The van der Waals surface area contributed by atoms with Gasteiger partial charge in [-0.05, 0) is 44.0 Å². The van der Waals surface area contributed by atoms with Crippen molar-refractivity contribution in [2.45, 2.75) is 30.2 Å². The predicted octanol–water partition coefficient (Wildman–Crippen LogP) is 0.704. The van der Waals surface area contributed by atoms with E-state index in [-0.39, 0.29) is 22.8 Å². The van der Waals surface area contributed by atoms with Gasteiger partial charge in [-0.2, -0.15) is 0 Å². The summed E-state index contributed by atoms with van der Waals surface area (Å²) in [6, 6.07) is 4.59. The Kier molecular flexibility index (Phi) is 5.17. The molecule has 0 radical (unpaired) electrons. The standard InChI is InChI=1S/C16H22FN3O3S/c17-13-3-1-5-15(9-13)24(22,23)19-14-4-2-8-20(11-14)16(21)12-6-7-18-10-12/h1,3,5,9,12,14,18-19H,2,4,6-8,10-11H2. The average molecular weight is 355 g/mol. The van der Waals surface area contributed by atoms with Gasteiger partial charge in [0.1, 0.15) is 5.82 Å². The van der Waals surface area contributed by atoms with Gasteiger partial charge in [-0.15, -0.1) is 0 Å². The first kappa shape index (κ1) is 17.3. The lowest BCUT2D eigenvalue weighted by Crippen LogP contribution is -2.51. The lowest BCUT2D eigenvalue weighted by molar-refractivity contribution is -0.136. The summed E-state index contributed by atoms with van der Waals surface area (Å²) in [6.45, 7) is 2.56. The van der Waals surface area contributed by atoms with Crippen molar-refractivity contribution < 1.29 is 17.6 Å². The Morgan fingerprint density at radius 2 is 2.17 bits per heavy atom. The summed E-state index contributed by atoms with van der Waals surface area (Å²) in [7, 11) is -3.79. The highest BCUT2D eigenvalue weighted by molar-refractivity contribution is 7.89. The molecular formula is C16H22FN3O3S. The van der Waals surface area contributed by atoms with Crippen LogP contribution in [0.5, 0.6) is 0 Å². The molecule has 2 N–H and O–H groups in total. The topological polar surface area (TPSA) is 78.5 Å². The van der Waals surface area contributed by atoms with Crippen molar-refractivity contribution in [3.05, 3.63) is 30.1 Å². The quantitative estimate of drug-likeness (QED) is 0.834. The first-order valence-electron chi connectivity index (χ1n) is 8.23. The number of piperidine rings is 1. The Bertz CT molecular complexity index is 704. The van der Waals surface area contributed by atoms with Crippen molar-refractivity contribution in [2.24, 2.45) is 5.92 Å². The van der Waals surface area contributed by atoms with E-state index >= 15 is 0 Å². The summed E-state index contributed by atoms with van der Waals surface area (Å²) in [5.74, 6) is -0.509. The zero-order chi connectivity index (χ0) is 17.2. The van der Waals surface area contributed by atoms with Crippen LogP contribution < -0.4 is 10.0 Å². The maximum absolute atomic E-state index is 13.3. The molecular weight excluding hydrogens is 333 g/mol. The molecule has 2 aliphatic rings. The Morgan fingerprint density at radius 3 is 2.88 bits per heavy atom. The second-order valence-electron chi connectivity index (χ2n) is 6.39. The molecule has 1 amide bonds. The second-order valence-corrected chi connectivity index (χ2v) is 8.11. The number of sulfonamides is 1. The third-order valence-electron chi connectivity index (χ3n) is 4.57. The minimum Gasteiger partial charge on any atom is -0.341 e. The normalized spacial score (nSPS) is 25.0. The van der Waals surface area contributed by atoms with Crippen LogP contribution in [0.3, 0.4) is 0 Å². The largest absolute Gasteiger partial charge is 0.341 e. The highest BCUT2D eigenvalue weighted by Crippen LogP contribution is 2.19. The van der Waals surface area contributed by atoms with Gasteiger partial charge in [-0.1, -0.05) is 6.07 Å². The van der Waals surface area contributed by atoms with Crippen LogP contribution in [0.15, 0.2) is 29.2 Å². The van der Waals surface area contributed by atoms with E-state index in [2.05, 4.69) is 10.0 Å². The molecule has 0 aliphatic carbocycles. The van der Waals surface area contributed by atoms with Gasteiger partial charge in [0.25, 0.3) is 0 Å². The molecule has 2 fully saturated rings. The number of rotatable bonds is 4. The van der Waals surface area contributed by atoms with Crippen LogP contribution >= 0.6 is 0 Å². The Labute approximate surface area is 141 Å². The smallest absolute Gasteiger partial charge is 0.240 e. The van der Waals surface area contributed by atoms with Crippen molar-refractivity contribution in [1.82, 2.24) is 14.9 Å². The molecule has 0 aromatic heterocycles. The summed E-state index contributed by atoms with van der Waals surface area (Å²) < 4.78 is 40.7. The van der Waals surface area contributed by atoms with E-state index in [0.29, 0.717) is 26.1 Å². The van der Waals surface area contributed by atoms with Crippen molar-refractivity contribution >= 4 is 15.9 Å². The fourth-order valence-electron chi connectivity index (χ4n) is 3.32. The van der Waals surface area contributed by atoms with Crippen molar-refractivity contribution in [1.29, 1.82) is 0 Å². The average Bonchev–Trinajstić information content (AvgIpc) is 3.08.